The van der Waals surface area contributed by atoms with Gasteiger partial charge in [-0.3, -0.25) is 14.2 Å². The molecule has 3 heterocycles. The predicted octanol–water partition coefficient (Wildman–Crippen LogP) is 7.76. The molecule has 11 heteroatoms. The molecule has 6 aromatic rings. The number of nitrogens with one attached hydrogen (secondary N) is 1. The van der Waals surface area contributed by atoms with E-state index in [9.17, 15) is 14.4 Å². The van der Waals surface area contributed by atoms with Gasteiger partial charge in [-0.15, -0.1) is 22.7 Å². The number of rotatable bonds is 10. The van der Waals surface area contributed by atoms with E-state index in [4.69, 9.17) is 14.5 Å². The van der Waals surface area contributed by atoms with E-state index in [0.717, 1.165) is 28.5 Å². The Bertz CT molecular complexity index is 2040. The van der Waals surface area contributed by atoms with Gasteiger partial charge in [-0.1, -0.05) is 72.4 Å². The van der Waals surface area contributed by atoms with E-state index in [0.29, 0.717) is 37.4 Å². The third-order valence-corrected chi connectivity index (χ3v) is 9.64. The van der Waals surface area contributed by atoms with Crippen molar-refractivity contribution >= 4 is 61.5 Å². The number of methoxy groups -OCH3 is 1. The lowest BCUT2D eigenvalue weighted by molar-refractivity contribution is -0.113. The number of carbonyl (C=O) groups is 2. The Balaban J connectivity index is 1.31. The van der Waals surface area contributed by atoms with Gasteiger partial charge in [0.15, 0.2) is 5.16 Å². The fourth-order valence-electron chi connectivity index (χ4n) is 4.84. The molecule has 45 heavy (non-hydrogen) atoms. The molecule has 0 bridgehead atoms. The number of thioether (sulfide) groups is 1. The number of anilines is 1. The second-order valence-electron chi connectivity index (χ2n) is 9.71. The van der Waals surface area contributed by atoms with E-state index in [1.54, 1.807) is 18.6 Å². The Morgan fingerprint density at radius 2 is 1.56 bits per heavy atom. The number of para-hydroxylation sites is 1. The van der Waals surface area contributed by atoms with E-state index in [2.05, 4.69) is 5.32 Å². The summed E-state index contributed by atoms with van der Waals surface area (Å²) in [5.74, 6) is -0.222. The van der Waals surface area contributed by atoms with Gasteiger partial charge in [0.25, 0.3) is 5.56 Å². The maximum atomic E-state index is 14.1. The number of benzene rings is 3. The van der Waals surface area contributed by atoms with Crippen LogP contribution in [-0.4, -0.2) is 40.9 Å². The van der Waals surface area contributed by atoms with Gasteiger partial charge in [-0.2, -0.15) is 0 Å². The van der Waals surface area contributed by atoms with Crippen molar-refractivity contribution in [2.45, 2.75) is 12.1 Å². The summed E-state index contributed by atoms with van der Waals surface area (Å²) in [5.41, 5.74) is 3.94. The number of thiophene rings is 2. The van der Waals surface area contributed by atoms with Crippen LogP contribution in [0.15, 0.2) is 106 Å². The first-order valence-corrected chi connectivity index (χ1v) is 16.7. The number of hydrogen-bond acceptors (Lipinski definition) is 9. The van der Waals surface area contributed by atoms with Crippen LogP contribution in [-0.2, 0) is 9.53 Å². The summed E-state index contributed by atoms with van der Waals surface area (Å²) in [6, 6.07) is 26.3. The Kier molecular flexibility index (Phi) is 9.11. The van der Waals surface area contributed by atoms with Crippen molar-refractivity contribution in [1.29, 1.82) is 0 Å². The van der Waals surface area contributed by atoms with Gasteiger partial charge < -0.3 is 14.8 Å². The smallest absolute Gasteiger partial charge is 0.341 e. The zero-order valence-electron chi connectivity index (χ0n) is 24.3. The summed E-state index contributed by atoms with van der Waals surface area (Å²) in [6.45, 7) is 1.93. The van der Waals surface area contributed by atoms with Crippen LogP contribution in [0.2, 0.25) is 0 Å². The van der Waals surface area contributed by atoms with Gasteiger partial charge in [0, 0.05) is 21.9 Å². The largest absolute Gasteiger partial charge is 0.497 e. The van der Waals surface area contributed by atoms with Gasteiger partial charge >= 0.3 is 5.97 Å². The van der Waals surface area contributed by atoms with Gasteiger partial charge in [-0.25, -0.2) is 9.78 Å². The number of esters is 1. The minimum absolute atomic E-state index is 0.0419. The number of nitrogens with zero attached hydrogens (tertiary/aromatic N) is 2. The molecular weight excluding hydrogens is 627 g/mol. The van der Waals surface area contributed by atoms with E-state index >= 15 is 0 Å². The molecule has 0 aliphatic carbocycles. The molecule has 0 aliphatic heterocycles. The molecule has 1 amide bonds. The van der Waals surface area contributed by atoms with Crippen molar-refractivity contribution in [2.24, 2.45) is 0 Å². The standard InChI is InChI=1S/C34H27N3O5S3/c1-3-42-33(40)29-26(22-14-16-24(41-2)17-15-22)19-44-31(29)35-27(38)20-45-34-36-30-28(25(18-43-30)21-10-6-4-7-11-21)32(39)37(34)23-12-8-5-9-13-23/h4-19H,3,20H2,1-2H3,(H,35,38). The zero-order chi connectivity index (χ0) is 31.3. The lowest BCUT2D eigenvalue weighted by atomic mass is 10.0. The average Bonchev–Trinajstić information content (AvgIpc) is 3.69. The summed E-state index contributed by atoms with van der Waals surface area (Å²) in [5, 5.41) is 7.97. The van der Waals surface area contributed by atoms with Crippen molar-refractivity contribution in [1.82, 2.24) is 9.55 Å². The molecule has 3 aromatic heterocycles. The Labute approximate surface area is 271 Å². The second-order valence-corrected chi connectivity index (χ2v) is 12.4. The maximum absolute atomic E-state index is 14.1. The van der Waals surface area contributed by atoms with Gasteiger partial charge in [-0.05, 0) is 42.3 Å². The van der Waals surface area contributed by atoms with Crippen LogP contribution in [0.1, 0.15) is 17.3 Å². The molecule has 0 aliphatic rings. The summed E-state index contributed by atoms with van der Waals surface area (Å²) in [7, 11) is 1.59. The lowest BCUT2D eigenvalue weighted by Gasteiger charge is -2.13. The first kappa shape index (κ1) is 30.3. The van der Waals surface area contributed by atoms with E-state index in [1.165, 1.54) is 22.7 Å². The highest BCUT2D eigenvalue weighted by Gasteiger charge is 2.24. The minimum atomic E-state index is -0.524. The van der Waals surface area contributed by atoms with E-state index in [-0.39, 0.29) is 29.4 Å². The highest BCUT2D eigenvalue weighted by molar-refractivity contribution is 7.99. The molecule has 0 radical (unpaired) electrons. The second kappa shape index (κ2) is 13.5. The number of carbonyl (C=O) groups excluding carboxylic acids is 2. The summed E-state index contributed by atoms with van der Waals surface area (Å²) in [4.78, 5) is 45.9. The van der Waals surface area contributed by atoms with E-state index < -0.39 is 5.97 Å². The Morgan fingerprint density at radius 1 is 0.889 bits per heavy atom. The number of ether oxygens (including phenoxy) is 2. The van der Waals surface area contributed by atoms with Crippen LogP contribution in [0.3, 0.4) is 0 Å². The van der Waals surface area contributed by atoms with Crippen LogP contribution >= 0.6 is 34.4 Å². The quantitative estimate of drug-likeness (QED) is 0.0917. The Hall–Kier alpha value is -4.71. The van der Waals surface area contributed by atoms with Crippen LogP contribution in [0.5, 0.6) is 5.75 Å². The number of aromatic nitrogens is 2. The summed E-state index contributed by atoms with van der Waals surface area (Å²) >= 11 is 3.80. The highest BCUT2D eigenvalue weighted by Crippen LogP contribution is 2.37. The molecule has 0 unspecified atom stereocenters. The van der Waals surface area contributed by atoms with Crippen LogP contribution in [0, 0.1) is 0 Å². The van der Waals surface area contributed by atoms with Gasteiger partial charge in [0.1, 0.15) is 21.1 Å². The first-order chi connectivity index (χ1) is 22.0. The van der Waals surface area contributed by atoms with Gasteiger partial charge in [0.2, 0.25) is 5.91 Å². The van der Waals surface area contributed by atoms with Gasteiger partial charge in [0.05, 0.1) is 30.5 Å². The van der Waals surface area contributed by atoms with Crippen molar-refractivity contribution < 1.29 is 19.1 Å². The van der Waals surface area contributed by atoms with Crippen molar-refractivity contribution in [3.8, 4) is 33.7 Å². The molecule has 6 rings (SSSR count). The normalized spacial score (nSPS) is 11.0. The minimum Gasteiger partial charge on any atom is -0.497 e. The topological polar surface area (TPSA) is 99.5 Å². The number of amides is 1. The zero-order valence-corrected chi connectivity index (χ0v) is 26.8. The molecule has 0 spiro atoms. The average molecular weight is 654 g/mol. The van der Waals surface area contributed by atoms with Crippen molar-refractivity contribution in [3.63, 3.8) is 0 Å². The highest BCUT2D eigenvalue weighted by atomic mass is 32.2. The predicted molar refractivity (Wildman–Crippen MR) is 182 cm³/mol. The number of hydrogen-bond donors (Lipinski definition) is 1. The molecule has 0 saturated heterocycles. The third kappa shape index (κ3) is 6.28. The molecular formula is C34H27N3O5S3. The third-order valence-electron chi connectivity index (χ3n) is 6.93. The van der Waals surface area contributed by atoms with Crippen LogP contribution < -0.4 is 15.6 Å². The van der Waals surface area contributed by atoms with Crippen molar-refractivity contribution in [3.05, 3.63) is 112 Å². The molecule has 8 nitrogen and oxygen atoms in total. The first-order valence-electron chi connectivity index (χ1n) is 14.0. The lowest BCUT2D eigenvalue weighted by Crippen LogP contribution is -2.23. The molecule has 3 aromatic carbocycles. The van der Waals surface area contributed by atoms with Crippen molar-refractivity contribution in [2.75, 3.05) is 24.8 Å². The Morgan fingerprint density at radius 3 is 2.24 bits per heavy atom. The number of fused-ring (bicyclic) bond motifs is 1. The molecule has 1 N–H and O–H groups in total. The van der Waals surface area contributed by atoms with E-state index in [1.807, 2.05) is 95.7 Å². The van der Waals surface area contributed by atoms with Crippen LogP contribution in [0.25, 0.3) is 38.2 Å². The summed E-state index contributed by atoms with van der Waals surface area (Å²) in [6.07, 6.45) is 0. The monoisotopic (exact) mass is 653 g/mol. The molecule has 0 atom stereocenters. The molecule has 226 valence electrons. The summed E-state index contributed by atoms with van der Waals surface area (Å²) < 4.78 is 12.1. The SMILES string of the molecule is CCOC(=O)c1c(-c2ccc(OC)cc2)csc1NC(=O)CSc1nc2scc(-c3ccccc3)c2c(=O)n1-c1ccccc1. The fourth-order valence-corrected chi connectivity index (χ4v) is 7.61. The molecule has 0 saturated carbocycles. The fraction of sp³-hybridized carbons (Fsp3) is 0.118. The molecule has 0 fully saturated rings. The maximum Gasteiger partial charge on any atom is 0.341 e. The van der Waals surface area contributed by atoms with Crippen LogP contribution in [0.4, 0.5) is 5.00 Å².